The molecule has 0 spiro atoms. The predicted molar refractivity (Wildman–Crippen MR) is 56.7 cm³/mol. The molecule has 0 unspecified atom stereocenters. The molecule has 1 aliphatic heterocycles. The first kappa shape index (κ1) is 12.5. The van der Waals surface area contributed by atoms with Crippen molar-refractivity contribution < 1.29 is 4.79 Å². The highest BCUT2D eigenvalue weighted by Gasteiger charge is 2.17. The molecular weight excluding hydrogens is 162 g/mol. The maximum absolute atomic E-state index is 10.9. The van der Waals surface area contributed by atoms with Crippen LogP contribution >= 0.6 is 0 Å². The van der Waals surface area contributed by atoms with E-state index >= 15 is 0 Å². The molecule has 1 heterocycles. The summed E-state index contributed by atoms with van der Waals surface area (Å²) in [5, 5.41) is 0. The molecule has 13 heavy (non-hydrogen) atoms. The van der Waals surface area contributed by atoms with Gasteiger partial charge in [-0.15, -0.1) is 0 Å². The molecule has 0 aromatic rings. The largest absolute Gasteiger partial charge is 0.343 e. The van der Waals surface area contributed by atoms with Crippen molar-refractivity contribution in [3.05, 3.63) is 0 Å². The summed E-state index contributed by atoms with van der Waals surface area (Å²) in [4.78, 5) is 12.8. The summed E-state index contributed by atoms with van der Waals surface area (Å²) in [5.41, 5.74) is 0. The summed E-state index contributed by atoms with van der Waals surface area (Å²) in [6.07, 6.45) is 5.57. The van der Waals surface area contributed by atoms with Crippen LogP contribution in [0.25, 0.3) is 0 Å². The van der Waals surface area contributed by atoms with Crippen LogP contribution in [0.4, 0.5) is 0 Å². The van der Waals surface area contributed by atoms with Crippen molar-refractivity contribution in [2.24, 2.45) is 0 Å². The van der Waals surface area contributed by atoms with E-state index in [1.165, 1.54) is 12.8 Å². The maximum Gasteiger partial charge on any atom is 0.222 e. The van der Waals surface area contributed by atoms with E-state index in [2.05, 4.69) is 20.8 Å². The lowest BCUT2D eigenvalue weighted by Crippen LogP contribution is -2.24. The lowest BCUT2D eigenvalue weighted by atomic mass is 10.4. The molecule has 0 saturated carbocycles. The molecule has 2 heteroatoms. The zero-order valence-electron chi connectivity index (χ0n) is 9.31. The van der Waals surface area contributed by atoms with Crippen molar-refractivity contribution in [1.29, 1.82) is 0 Å². The molecule has 1 saturated heterocycles. The van der Waals surface area contributed by atoms with Gasteiger partial charge in [0.2, 0.25) is 5.91 Å². The van der Waals surface area contributed by atoms with Gasteiger partial charge in [0.1, 0.15) is 0 Å². The van der Waals surface area contributed by atoms with Gasteiger partial charge >= 0.3 is 0 Å². The van der Waals surface area contributed by atoms with Crippen molar-refractivity contribution in [1.82, 2.24) is 4.90 Å². The molecule has 78 valence electrons. The molecular formula is C11H23NO. The second kappa shape index (κ2) is 8.09. The van der Waals surface area contributed by atoms with Crippen LogP contribution in [-0.4, -0.2) is 23.9 Å². The number of unbranched alkanes of at least 4 members (excludes halogenated alkanes) is 1. The zero-order chi connectivity index (χ0) is 10.1. The summed E-state index contributed by atoms with van der Waals surface area (Å²) in [7, 11) is 0. The quantitative estimate of drug-likeness (QED) is 0.662. The van der Waals surface area contributed by atoms with Crippen LogP contribution in [-0.2, 0) is 4.79 Å². The fourth-order valence-electron chi connectivity index (χ4n) is 1.21. The number of carbonyl (C=O) groups excluding carboxylic acids is 1. The van der Waals surface area contributed by atoms with Gasteiger partial charge < -0.3 is 4.90 Å². The van der Waals surface area contributed by atoms with E-state index in [1.807, 2.05) is 4.90 Å². The molecule has 0 N–H and O–H groups in total. The Balaban J connectivity index is 0.000000310. The minimum Gasteiger partial charge on any atom is -0.343 e. The van der Waals surface area contributed by atoms with Crippen LogP contribution < -0.4 is 0 Å². The normalized spacial score (nSPS) is 15.6. The van der Waals surface area contributed by atoms with Gasteiger partial charge in [0, 0.05) is 19.5 Å². The van der Waals surface area contributed by atoms with Crippen LogP contribution in [0.1, 0.15) is 52.9 Å². The number of hydrogen-bond donors (Lipinski definition) is 0. The topological polar surface area (TPSA) is 20.3 Å². The van der Waals surface area contributed by atoms with E-state index in [4.69, 9.17) is 0 Å². The fraction of sp³-hybridized carbons (Fsp3) is 0.909. The van der Waals surface area contributed by atoms with Gasteiger partial charge in [-0.25, -0.2) is 0 Å². The Morgan fingerprint density at radius 3 is 2.08 bits per heavy atom. The Labute approximate surface area is 82.3 Å². The molecule has 1 amide bonds. The number of amides is 1. The van der Waals surface area contributed by atoms with Crippen LogP contribution in [0.5, 0.6) is 0 Å². The Morgan fingerprint density at radius 2 is 1.77 bits per heavy atom. The molecule has 1 rings (SSSR count). The first-order valence-electron chi connectivity index (χ1n) is 5.54. The Hall–Kier alpha value is -0.530. The van der Waals surface area contributed by atoms with E-state index in [0.717, 1.165) is 32.4 Å². The second-order valence-electron chi connectivity index (χ2n) is 3.48. The van der Waals surface area contributed by atoms with Gasteiger partial charge in [0.25, 0.3) is 0 Å². The Kier molecular flexibility index (Phi) is 7.76. The summed E-state index contributed by atoms with van der Waals surface area (Å²) in [5.74, 6) is 0.344. The molecule has 1 aliphatic rings. The van der Waals surface area contributed by atoms with Gasteiger partial charge in [-0.2, -0.15) is 0 Å². The fourth-order valence-corrected chi connectivity index (χ4v) is 1.21. The molecule has 1 fully saturated rings. The van der Waals surface area contributed by atoms with Gasteiger partial charge in [0.15, 0.2) is 0 Å². The van der Waals surface area contributed by atoms with E-state index in [1.54, 1.807) is 0 Å². The minimum absolute atomic E-state index is 0.344. The number of likely N-dealkylation sites (tertiary alicyclic amines) is 1. The van der Waals surface area contributed by atoms with E-state index in [9.17, 15) is 4.79 Å². The van der Waals surface area contributed by atoms with Crippen molar-refractivity contribution in [3.63, 3.8) is 0 Å². The van der Waals surface area contributed by atoms with Crippen molar-refractivity contribution >= 4 is 5.91 Å². The van der Waals surface area contributed by atoms with Crippen molar-refractivity contribution in [3.8, 4) is 0 Å². The summed E-state index contributed by atoms with van der Waals surface area (Å²) in [6.45, 7) is 8.41. The third-order valence-electron chi connectivity index (χ3n) is 2.16. The van der Waals surface area contributed by atoms with E-state index in [-0.39, 0.29) is 0 Å². The van der Waals surface area contributed by atoms with Crippen molar-refractivity contribution in [2.45, 2.75) is 52.9 Å². The van der Waals surface area contributed by atoms with E-state index < -0.39 is 0 Å². The van der Waals surface area contributed by atoms with Crippen molar-refractivity contribution in [2.75, 3.05) is 13.1 Å². The zero-order valence-corrected chi connectivity index (χ0v) is 9.31. The lowest BCUT2D eigenvalue weighted by molar-refractivity contribution is -0.127. The summed E-state index contributed by atoms with van der Waals surface area (Å²) >= 11 is 0. The summed E-state index contributed by atoms with van der Waals surface area (Å²) < 4.78 is 0. The maximum atomic E-state index is 10.9. The van der Waals surface area contributed by atoms with Crippen LogP contribution in [0.2, 0.25) is 0 Å². The first-order valence-corrected chi connectivity index (χ1v) is 5.54. The number of hydrogen-bond acceptors (Lipinski definition) is 1. The summed E-state index contributed by atoms with van der Waals surface area (Å²) in [6, 6.07) is 0. The highest BCUT2D eigenvalue weighted by molar-refractivity contribution is 5.77. The molecule has 0 aliphatic carbocycles. The standard InChI is InChI=1S/C7H13NO.C4H10/c1-2-5-8-6-3-4-7(8)9;1-3-4-2/h2-6H2,1H3;3-4H2,1-2H3. The van der Waals surface area contributed by atoms with Crippen LogP contribution in [0, 0.1) is 0 Å². The molecule has 0 aromatic carbocycles. The number of nitrogens with zero attached hydrogens (tertiary/aromatic N) is 1. The predicted octanol–water partition coefficient (Wildman–Crippen LogP) is 2.83. The second-order valence-corrected chi connectivity index (χ2v) is 3.48. The van der Waals surface area contributed by atoms with Crippen LogP contribution in [0.15, 0.2) is 0 Å². The number of carbonyl (C=O) groups is 1. The molecule has 0 atom stereocenters. The van der Waals surface area contributed by atoms with Gasteiger partial charge in [-0.1, -0.05) is 33.6 Å². The SMILES string of the molecule is CCCC.CCCN1CCCC1=O. The third kappa shape index (κ3) is 5.67. The van der Waals surface area contributed by atoms with Gasteiger partial charge in [0.05, 0.1) is 0 Å². The van der Waals surface area contributed by atoms with Gasteiger partial charge in [-0.05, 0) is 12.8 Å². The molecule has 0 aromatic heterocycles. The monoisotopic (exact) mass is 185 g/mol. The third-order valence-corrected chi connectivity index (χ3v) is 2.16. The Morgan fingerprint density at radius 1 is 1.15 bits per heavy atom. The average molecular weight is 185 g/mol. The highest BCUT2D eigenvalue weighted by atomic mass is 16.2. The molecule has 2 nitrogen and oxygen atoms in total. The molecule has 0 bridgehead atoms. The minimum atomic E-state index is 0.344. The highest BCUT2D eigenvalue weighted by Crippen LogP contribution is 2.08. The average Bonchev–Trinajstić information content (AvgIpc) is 2.53. The Bertz CT molecular complexity index is 132. The first-order chi connectivity index (χ1) is 6.26. The number of rotatable bonds is 3. The van der Waals surface area contributed by atoms with Crippen LogP contribution in [0.3, 0.4) is 0 Å². The lowest BCUT2D eigenvalue weighted by Gasteiger charge is -2.12. The van der Waals surface area contributed by atoms with Gasteiger partial charge in [-0.3, -0.25) is 4.79 Å². The molecule has 0 radical (unpaired) electrons. The smallest absolute Gasteiger partial charge is 0.222 e. The van der Waals surface area contributed by atoms with E-state index in [0.29, 0.717) is 5.91 Å².